The third-order valence-corrected chi connectivity index (χ3v) is 5.90. The Morgan fingerprint density at radius 3 is 2.63 bits per heavy atom. The first-order chi connectivity index (χ1) is 14.5. The van der Waals surface area contributed by atoms with Gasteiger partial charge in [0.1, 0.15) is 11.8 Å². The predicted octanol–water partition coefficient (Wildman–Crippen LogP) is 3.45. The summed E-state index contributed by atoms with van der Waals surface area (Å²) >= 11 is 7.58. The normalized spacial score (nSPS) is 15.7. The van der Waals surface area contributed by atoms with Crippen LogP contribution >= 0.6 is 22.9 Å². The molecule has 0 fully saturated rings. The molecule has 1 aliphatic rings. The van der Waals surface area contributed by atoms with Crippen LogP contribution in [0.15, 0.2) is 65.9 Å². The Morgan fingerprint density at radius 1 is 1.17 bits per heavy atom. The van der Waals surface area contributed by atoms with Crippen molar-refractivity contribution in [1.29, 1.82) is 0 Å². The fourth-order valence-corrected chi connectivity index (χ4v) is 4.17. The molecular formula is C21H18ClN5O2S. The summed E-state index contributed by atoms with van der Waals surface area (Å²) in [6.07, 6.45) is 2.47. The number of nitrogens with zero attached hydrogens (tertiary/aromatic N) is 3. The highest BCUT2D eigenvalue weighted by Gasteiger charge is 2.35. The van der Waals surface area contributed by atoms with Gasteiger partial charge in [-0.25, -0.2) is 4.98 Å². The monoisotopic (exact) mass is 439 g/mol. The van der Waals surface area contributed by atoms with Crippen molar-refractivity contribution in [3.8, 4) is 0 Å². The Morgan fingerprint density at radius 2 is 1.90 bits per heavy atom. The molecule has 2 heterocycles. The summed E-state index contributed by atoms with van der Waals surface area (Å²) in [4.78, 5) is 29.8. The zero-order valence-electron chi connectivity index (χ0n) is 15.8. The van der Waals surface area contributed by atoms with Crippen molar-refractivity contribution < 1.29 is 9.59 Å². The molecule has 1 aliphatic heterocycles. The minimum Gasteiger partial charge on any atom is -0.368 e. The highest BCUT2D eigenvalue weighted by atomic mass is 35.5. The van der Waals surface area contributed by atoms with Gasteiger partial charge in [-0.2, -0.15) is 5.10 Å². The number of nitrogens with two attached hydrogens (primary N) is 1. The number of nitrogens with one attached hydrogen (secondary N) is 1. The number of hydrogen-bond acceptors (Lipinski definition) is 6. The number of amides is 2. The second kappa shape index (κ2) is 8.64. The van der Waals surface area contributed by atoms with Crippen LogP contribution in [0.25, 0.3) is 0 Å². The number of primary amides is 1. The topological polar surface area (TPSA) is 101 Å². The Balaban J connectivity index is 1.47. The summed E-state index contributed by atoms with van der Waals surface area (Å²) in [7, 11) is 0. The molecule has 2 aromatic carbocycles. The number of aromatic nitrogens is 1. The van der Waals surface area contributed by atoms with Gasteiger partial charge in [0.05, 0.1) is 5.69 Å². The number of anilines is 2. The minimum absolute atomic E-state index is 0.133. The van der Waals surface area contributed by atoms with Crippen LogP contribution in [0.5, 0.6) is 0 Å². The number of carbonyl (C=O) groups excluding carboxylic acids is 2. The Labute approximate surface area is 182 Å². The number of hydrogen-bond donors (Lipinski definition) is 2. The number of rotatable bonds is 6. The molecule has 0 saturated carbocycles. The van der Waals surface area contributed by atoms with Crippen molar-refractivity contribution >= 4 is 51.3 Å². The Kier molecular flexibility index (Phi) is 5.78. The summed E-state index contributed by atoms with van der Waals surface area (Å²) in [6.45, 7) is 0. The Hall–Kier alpha value is -3.23. The predicted molar refractivity (Wildman–Crippen MR) is 119 cm³/mol. The van der Waals surface area contributed by atoms with E-state index >= 15 is 0 Å². The first-order valence-corrected chi connectivity index (χ1v) is 10.4. The number of carbonyl (C=O) groups is 2. The number of hydrazone groups is 1. The molecule has 2 amide bonds. The van der Waals surface area contributed by atoms with Crippen LogP contribution in [0.3, 0.4) is 0 Å². The van der Waals surface area contributed by atoms with Crippen LogP contribution in [0.1, 0.15) is 16.9 Å². The standard InChI is InChI=1S/C21H18ClN5O2S/c22-16-9-5-4-6-13(16)10-15-12-24-21(30-15)25-20(29)17-11-18(19(23)28)27(26-17)14-7-2-1-3-8-14/h1-9,12,18H,10-11H2,(H2,23,28)(H,24,25,29). The highest BCUT2D eigenvalue weighted by Crippen LogP contribution is 2.27. The van der Waals surface area contributed by atoms with Gasteiger partial charge < -0.3 is 5.73 Å². The second-order valence-corrected chi connectivity index (χ2v) is 8.23. The Bertz CT molecular complexity index is 1120. The van der Waals surface area contributed by atoms with Gasteiger partial charge in [-0.1, -0.05) is 48.0 Å². The maximum Gasteiger partial charge on any atom is 0.273 e. The van der Waals surface area contributed by atoms with Gasteiger partial charge in [-0.3, -0.25) is 19.9 Å². The van der Waals surface area contributed by atoms with Crippen LogP contribution in [-0.2, 0) is 16.0 Å². The van der Waals surface area contributed by atoms with Gasteiger partial charge in [0, 0.05) is 28.9 Å². The molecule has 9 heteroatoms. The van der Waals surface area contributed by atoms with Gasteiger partial charge in [-0.15, -0.1) is 11.3 Å². The summed E-state index contributed by atoms with van der Waals surface area (Å²) in [5.74, 6) is -0.944. The molecular weight excluding hydrogens is 422 g/mol. The molecule has 4 rings (SSSR count). The van der Waals surface area contributed by atoms with Gasteiger partial charge >= 0.3 is 0 Å². The van der Waals surface area contributed by atoms with Crippen molar-refractivity contribution in [2.45, 2.75) is 18.9 Å². The highest BCUT2D eigenvalue weighted by molar-refractivity contribution is 7.15. The van der Waals surface area contributed by atoms with E-state index in [0.29, 0.717) is 22.3 Å². The van der Waals surface area contributed by atoms with E-state index in [1.54, 1.807) is 6.20 Å². The molecule has 3 aromatic rings. The summed E-state index contributed by atoms with van der Waals surface area (Å²) < 4.78 is 0. The van der Waals surface area contributed by atoms with Crippen molar-refractivity contribution in [3.63, 3.8) is 0 Å². The van der Waals surface area contributed by atoms with E-state index in [0.717, 1.165) is 10.4 Å². The second-order valence-electron chi connectivity index (χ2n) is 6.70. The number of halogens is 1. The van der Waals surface area contributed by atoms with Crippen molar-refractivity contribution in [3.05, 3.63) is 76.3 Å². The van der Waals surface area contributed by atoms with E-state index in [1.807, 2.05) is 54.6 Å². The smallest absolute Gasteiger partial charge is 0.273 e. The molecule has 30 heavy (non-hydrogen) atoms. The third kappa shape index (κ3) is 4.34. The van der Waals surface area contributed by atoms with Crippen LogP contribution in [0, 0.1) is 0 Å². The molecule has 0 saturated heterocycles. The molecule has 0 bridgehead atoms. The van der Waals surface area contributed by atoms with Crippen LogP contribution < -0.4 is 16.1 Å². The lowest BCUT2D eigenvalue weighted by Crippen LogP contribution is -2.39. The maximum atomic E-state index is 12.7. The molecule has 0 aliphatic carbocycles. The van der Waals surface area contributed by atoms with E-state index in [1.165, 1.54) is 16.3 Å². The van der Waals surface area contributed by atoms with Crippen LogP contribution in [0.4, 0.5) is 10.8 Å². The largest absolute Gasteiger partial charge is 0.368 e. The summed E-state index contributed by atoms with van der Waals surface area (Å²) in [5, 5.41) is 9.74. The van der Waals surface area contributed by atoms with Crippen molar-refractivity contribution in [1.82, 2.24) is 4.98 Å². The van der Waals surface area contributed by atoms with E-state index in [2.05, 4.69) is 15.4 Å². The van der Waals surface area contributed by atoms with Gasteiger partial charge in [-0.05, 0) is 23.8 Å². The van der Waals surface area contributed by atoms with Crippen LogP contribution in [0.2, 0.25) is 5.02 Å². The number of para-hydroxylation sites is 1. The lowest BCUT2D eigenvalue weighted by Gasteiger charge is -2.20. The van der Waals surface area contributed by atoms with E-state index in [9.17, 15) is 9.59 Å². The summed E-state index contributed by atoms with van der Waals surface area (Å²) in [6, 6.07) is 16.0. The quantitative estimate of drug-likeness (QED) is 0.614. The maximum absolute atomic E-state index is 12.7. The van der Waals surface area contributed by atoms with Gasteiger partial charge in [0.15, 0.2) is 5.13 Å². The van der Waals surface area contributed by atoms with Gasteiger partial charge in [0.25, 0.3) is 5.91 Å². The molecule has 3 N–H and O–H groups in total. The zero-order valence-corrected chi connectivity index (χ0v) is 17.4. The molecule has 1 atom stereocenters. The van der Waals surface area contributed by atoms with Crippen LogP contribution in [-0.4, -0.2) is 28.6 Å². The van der Waals surface area contributed by atoms with E-state index < -0.39 is 17.9 Å². The minimum atomic E-state index is -0.708. The molecule has 0 radical (unpaired) electrons. The molecule has 0 spiro atoms. The first kappa shape index (κ1) is 20.1. The lowest BCUT2D eigenvalue weighted by molar-refractivity contribution is -0.119. The van der Waals surface area contributed by atoms with Crippen molar-refractivity contribution in [2.75, 3.05) is 10.3 Å². The third-order valence-electron chi connectivity index (χ3n) is 4.62. The first-order valence-electron chi connectivity index (χ1n) is 9.22. The fourth-order valence-electron chi connectivity index (χ4n) is 3.13. The fraction of sp³-hybridized carbons (Fsp3) is 0.143. The average Bonchev–Trinajstić information content (AvgIpc) is 3.38. The van der Waals surface area contributed by atoms with Crippen molar-refractivity contribution in [2.24, 2.45) is 10.8 Å². The molecule has 1 unspecified atom stereocenters. The lowest BCUT2D eigenvalue weighted by atomic mass is 10.1. The van der Waals surface area contributed by atoms with E-state index in [-0.39, 0.29) is 12.1 Å². The van der Waals surface area contributed by atoms with E-state index in [4.69, 9.17) is 17.3 Å². The SMILES string of the molecule is NC(=O)C1CC(C(=O)Nc2ncc(Cc3ccccc3Cl)s2)=NN1c1ccccc1. The van der Waals surface area contributed by atoms with Gasteiger partial charge in [0.2, 0.25) is 5.91 Å². The number of thiazole rings is 1. The summed E-state index contributed by atoms with van der Waals surface area (Å²) in [5.41, 5.74) is 7.43. The molecule has 7 nitrogen and oxygen atoms in total. The average molecular weight is 440 g/mol. The molecule has 1 aromatic heterocycles. The number of benzene rings is 2. The molecule has 152 valence electrons. The zero-order chi connectivity index (χ0) is 21.1.